The second kappa shape index (κ2) is 3.70. The van der Waals surface area contributed by atoms with E-state index in [9.17, 15) is 9.50 Å². The van der Waals surface area contributed by atoms with Crippen molar-refractivity contribution in [3.8, 4) is 5.75 Å². The van der Waals surface area contributed by atoms with Gasteiger partial charge in [0.1, 0.15) is 17.3 Å². The number of phenolic OH excluding ortho intramolecular Hbond substituents is 1. The quantitative estimate of drug-likeness (QED) is 0.515. The Bertz CT molecular complexity index is 377. The first kappa shape index (κ1) is 10.2. The molecule has 0 bridgehead atoms. The van der Waals surface area contributed by atoms with Crippen molar-refractivity contribution in [1.29, 1.82) is 0 Å². The van der Waals surface area contributed by atoms with Crippen molar-refractivity contribution in [2.24, 2.45) is 11.7 Å². The summed E-state index contributed by atoms with van der Waals surface area (Å²) in [5.74, 6) is -0.410. The molecule has 2 rings (SSSR count). The van der Waals surface area contributed by atoms with Gasteiger partial charge in [-0.05, 0) is 24.8 Å². The van der Waals surface area contributed by atoms with E-state index in [2.05, 4.69) is 0 Å². The van der Waals surface area contributed by atoms with Crippen LogP contribution >= 0.6 is 0 Å². The van der Waals surface area contributed by atoms with Crippen LogP contribution in [0.25, 0.3) is 0 Å². The van der Waals surface area contributed by atoms with Crippen molar-refractivity contribution in [3.05, 3.63) is 23.5 Å². The van der Waals surface area contributed by atoms with Gasteiger partial charge in [-0.2, -0.15) is 0 Å². The summed E-state index contributed by atoms with van der Waals surface area (Å²) in [4.78, 5) is 0. The van der Waals surface area contributed by atoms with E-state index in [4.69, 9.17) is 11.5 Å². The van der Waals surface area contributed by atoms with Gasteiger partial charge in [0.15, 0.2) is 0 Å². The summed E-state index contributed by atoms with van der Waals surface area (Å²) in [5.41, 5.74) is 11.7. The van der Waals surface area contributed by atoms with Crippen molar-refractivity contribution in [3.63, 3.8) is 0 Å². The second-order valence-corrected chi connectivity index (χ2v) is 4.12. The summed E-state index contributed by atoms with van der Waals surface area (Å²) >= 11 is 0. The molecule has 1 aromatic carbocycles. The smallest absolute Gasteiger partial charge is 0.149 e. The highest BCUT2D eigenvalue weighted by Gasteiger charge is 2.28. The average molecular weight is 210 g/mol. The molecule has 0 radical (unpaired) electrons. The first-order valence-electron chi connectivity index (χ1n) is 5.13. The van der Waals surface area contributed by atoms with Crippen molar-refractivity contribution < 1.29 is 9.50 Å². The van der Waals surface area contributed by atoms with Crippen molar-refractivity contribution in [2.45, 2.75) is 25.3 Å². The molecule has 1 saturated carbocycles. The van der Waals surface area contributed by atoms with Gasteiger partial charge in [-0.25, -0.2) is 4.39 Å². The number of nitrogen functional groups attached to an aromatic ring is 1. The molecule has 4 heteroatoms. The monoisotopic (exact) mass is 210 g/mol. The number of halogens is 1. The fraction of sp³-hybridized carbons (Fsp3) is 0.455. The Labute approximate surface area is 87.9 Å². The van der Waals surface area contributed by atoms with Crippen molar-refractivity contribution in [1.82, 2.24) is 0 Å². The minimum Gasteiger partial charge on any atom is -0.505 e. The zero-order valence-electron chi connectivity index (χ0n) is 8.41. The molecular formula is C11H15FN2O. The highest BCUT2D eigenvalue weighted by atomic mass is 19.1. The third-order valence-corrected chi connectivity index (χ3v) is 3.21. The van der Waals surface area contributed by atoms with Gasteiger partial charge in [-0.3, -0.25) is 0 Å². The van der Waals surface area contributed by atoms with Gasteiger partial charge in [0.2, 0.25) is 0 Å². The van der Waals surface area contributed by atoms with Crippen LogP contribution in [0.1, 0.15) is 30.9 Å². The highest BCUT2D eigenvalue weighted by Crippen LogP contribution is 2.40. The summed E-state index contributed by atoms with van der Waals surface area (Å²) < 4.78 is 13.0. The Morgan fingerprint density at radius 1 is 1.40 bits per heavy atom. The van der Waals surface area contributed by atoms with Crippen LogP contribution in [0.3, 0.4) is 0 Å². The fourth-order valence-corrected chi connectivity index (χ4v) is 1.92. The lowest BCUT2D eigenvalue weighted by Gasteiger charge is -2.31. The first-order chi connectivity index (χ1) is 7.11. The zero-order valence-corrected chi connectivity index (χ0v) is 8.41. The zero-order chi connectivity index (χ0) is 11.0. The number of rotatable bonds is 2. The van der Waals surface area contributed by atoms with Crippen LogP contribution in [0, 0.1) is 11.7 Å². The number of aromatic hydroxyl groups is 1. The van der Waals surface area contributed by atoms with Gasteiger partial charge in [-0.15, -0.1) is 0 Å². The molecule has 1 fully saturated rings. The van der Waals surface area contributed by atoms with Crippen LogP contribution in [0.2, 0.25) is 0 Å². The topological polar surface area (TPSA) is 72.3 Å². The molecule has 1 aromatic rings. The van der Waals surface area contributed by atoms with Crippen molar-refractivity contribution >= 4 is 5.69 Å². The summed E-state index contributed by atoms with van der Waals surface area (Å²) in [7, 11) is 0. The summed E-state index contributed by atoms with van der Waals surface area (Å²) in [5, 5.41) is 9.67. The van der Waals surface area contributed by atoms with Crippen LogP contribution in [-0.4, -0.2) is 5.11 Å². The fourth-order valence-electron chi connectivity index (χ4n) is 1.92. The third-order valence-electron chi connectivity index (χ3n) is 3.21. The van der Waals surface area contributed by atoms with E-state index in [0.717, 1.165) is 12.8 Å². The number of hydrogen-bond acceptors (Lipinski definition) is 3. The molecule has 5 N–H and O–H groups in total. The Kier molecular flexibility index (Phi) is 2.52. The average Bonchev–Trinajstić information content (AvgIpc) is 2.11. The lowest BCUT2D eigenvalue weighted by atomic mass is 9.77. The summed E-state index contributed by atoms with van der Waals surface area (Å²) in [6.07, 6.45) is 3.31. The molecule has 1 aliphatic rings. The number of phenols is 1. The van der Waals surface area contributed by atoms with E-state index < -0.39 is 5.82 Å². The van der Waals surface area contributed by atoms with E-state index in [-0.39, 0.29) is 17.5 Å². The van der Waals surface area contributed by atoms with Gasteiger partial charge >= 0.3 is 0 Å². The minimum atomic E-state index is -0.600. The predicted octanol–water partition coefficient (Wildman–Crippen LogP) is 1.91. The molecule has 1 aliphatic carbocycles. The predicted molar refractivity (Wildman–Crippen MR) is 56.7 cm³/mol. The largest absolute Gasteiger partial charge is 0.505 e. The summed E-state index contributed by atoms with van der Waals surface area (Å²) in [6.45, 7) is 0. The number of benzene rings is 1. The Hall–Kier alpha value is -1.29. The Balaban J connectivity index is 2.31. The Morgan fingerprint density at radius 2 is 2.07 bits per heavy atom. The molecule has 82 valence electrons. The molecule has 0 aliphatic heterocycles. The van der Waals surface area contributed by atoms with Crippen LogP contribution in [0.4, 0.5) is 10.1 Å². The maximum absolute atomic E-state index is 13.0. The van der Waals surface area contributed by atoms with Crippen LogP contribution < -0.4 is 11.5 Å². The molecule has 0 unspecified atom stereocenters. The molecule has 0 saturated heterocycles. The van der Waals surface area contributed by atoms with Gasteiger partial charge in [-0.1, -0.05) is 12.5 Å². The van der Waals surface area contributed by atoms with Gasteiger partial charge < -0.3 is 16.6 Å². The van der Waals surface area contributed by atoms with Crippen LogP contribution in [-0.2, 0) is 0 Å². The molecule has 0 amide bonds. The molecule has 0 spiro atoms. The molecule has 1 atom stereocenters. The van der Waals surface area contributed by atoms with E-state index in [0.29, 0.717) is 11.5 Å². The molecule has 15 heavy (non-hydrogen) atoms. The van der Waals surface area contributed by atoms with Gasteiger partial charge in [0.05, 0.1) is 0 Å². The number of hydrogen-bond donors (Lipinski definition) is 3. The normalized spacial score (nSPS) is 18.5. The minimum absolute atomic E-state index is 0.200. The Morgan fingerprint density at radius 3 is 2.60 bits per heavy atom. The number of nitrogens with two attached hydrogens (primary N) is 2. The molecule has 0 aromatic heterocycles. The summed E-state index contributed by atoms with van der Waals surface area (Å²) in [6, 6.07) is 2.54. The van der Waals surface area contributed by atoms with E-state index in [1.54, 1.807) is 0 Å². The van der Waals surface area contributed by atoms with E-state index in [1.807, 2.05) is 0 Å². The second-order valence-electron chi connectivity index (χ2n) is 4.12. The SMILES string of the molecule is Nc1c(F)ccc([C@H](N)C2CCC2)c1O. The lowest BCUT2D eigenvalue weighted by Crippen LogP contribution is -2.27. The van der Waals surface area contributed by atoms with Gasteiger partial charge in [0.25, 0.3) is 0 Å². The molecule has 0 heterocycles. The van der Waals surface area contributed by atoms with E-state index in [1.165, 1.54) is 18.6 Å². The molecule has 3 nitrogen and oxygen atoms in total. The van der Waals surface area contributed by atoms with Crippen molar-refractivity contribution in [2.75, 3.05) is 5.73 Å². The first-order valence-corrected chi connectivity index (χ1v) is 5.13. The van der Waals surface area contributed by atoms with Crippen LogP contribution in [0.5, 0.6) is 5.75 Å². The standard InChI is InChI=1S/C11H15FN2O/c12-8-5-4-7(11(15)10(8)14)9(13)6-2-1-3-6/h4-6,9,15H,1-3,13-14H2/t9-/m1/s1. The van der Waals surface area contributed by atoms with Crippen LogP contribution in [0.15, 0.2) is 12.1 Å². The van der Waals surface area contributed by atoms with E-state index >= 15 is 0 Å². The lowest BCUT2D eigenvalue weighted by molar-refractivity contribution is 0.260. The maximum Gasteiger partial charge on any atom is 0.149 e. The van der Waals surface area contributed by atoms with Gasteiger partial charge in [0, 0.05) is 11.6 Å². The maximum atomic E-state index is 13.0. The number of anilines is 1. The molecular weight excluding hydrogens is 195 g/mol. The highest BCUT2D eigenvalue weighted by molar-refractivity contribution is 5.57. The third kappa shape index (κ3) is 1.65.